The Morgan fingerprint density at radius 3 is 2.88 bits per heavy atom. The smallest absolute Gasteiger partial charge is 0.0753 e. The van der Waals surface area contributed by atoms with Crippen LogP contribution in [0.5, 0.6) is 0 Å². The van der Waals surface area contributed by atoms with E-state index in [9.17, 15) is 0 Å². The van der Waals surface area contributed by atoms with Crippen molar-refractivity contribution in [3.63, 3.8) is 0 Å². The molecule has 84 valence electrons. The van der Waals surface area contributed by atoms with Gasteiger partial charge in [-0.2, -0.15) is 0 Å². The number of rotatable bonds is 2. The minimum absolute atomic E-state index is 0.214. The quantitative estimate of drug-likeness (QED) is 0.747. The largest absolute Gasteiger partial charge is 0.319 e. The second-order valence-corrected chi connectivity index (χ2v) is 4.54. The van der Waals surface area contributed by atoms with Crippen molar-refractivity contribution in [1.29, 1.82) is 0 Å². The molecule has 0 saturated heterocycles. The van der Waals surface area contributed by atoms with Gasteiger partial charge in [0.25, 0.3) is 0 Å². The van der Waals surface area contributed by atoms with Crippen molar-refractivity contribution in [3.8, 4) is 0 Å². The minimum atomic E-state index is -0.214. The lowest BCUT2D eigenvalue weighted by Gasteiger charge is -2.11. The molecule has 3 rings (SSSR count). The highest BCUT2D eigenvalue weighted by molar-refractivity contribution is 7.05. The second-order valence-electron chi connectivity index (χ2n) is 3.72. The summed E-state index contributed by atoms with van der Waals surface area (Å²) in [7, 11) is 0. The molecule has 0 fully saturated rings. The number of hydrogen-bond acceptors (Lipinski definition) is 5. The molecule has 2 heterocycles. The Labute approximate surface area is 102 Å². The molecule has 2 N–H and O–H groups in total. The second kappa shape index (κ2) is 4.20. The molecule has 1 atom stereocenters. The van der Waals surface area contributed by atoms with Crippen molar-refractivity contribution in [2.45, 2.75) is 6.04 Å². The SMILES string of the molecule is NC(c1cnns1)c1cccc2cccnc12. The van der Waals surface area contributed by atoms with Crippen LogP contribution in [-0.4, -0.2) is 14.6 Å². The zero-order chi connectivity index (χ0) is 11.7. The van der Waals surface area contributed by atoms with Gasteiger partial charge in [-0.25, -0.2) is 0 Å². The van der Waals surface area contributed by atoms with Crippen LogP contribution in [0.15, 0.2) is 42.7 Å². The molecule has 0 saturated carbocycles. The van der Waals surface area contributed by atoms with Crippen molar-refractivity contribution in [3.05, 3.63) is 53.2 Å². The van der Waals surface area contributed by atoms with Crippen molar-refractivity contribution in [2.75, 3.05) is 0 Å². The molecule has 0 amide bonds. The molecule has 2 aromatic heterocycles. The van der Waals surface area contributed by atoms with Crippen molar-refractivity contribution in [2.24, 2.45) is 5.73 Å². The van der Waals surface area contributed by atoms with E-state index in [0.29, 0.717) is 0 Å². The molecule has 0 radical (unpaired) electrons. The minimum Gasteiger partial charge on any atom is -0.319 e. The molecule has 0 aliphatic rings. The fourth-order valence-electron chi connectivity index (χ4n) is 1.84. The van der Waals surface area contributed by atoms with E-state index >= 15 is 0 Å². The van der Waals surface area contributed by atoms with Crippen LogP contribution in [0.1, 0.15) is 16.5 Å². The van der Waals surface area contributed by atoms with Crippen molar-refractivity contribution < 1.29 is 0 Å². The average molecular weight is 242 g/mol. The van der Waals surface area contributed by atoms with Crippen LogP contribution < -0.4 is 5.73 Å². The molecule has 1 unspecified atom stereocenters. The lowest BCUT2D eigenvalue weighted by molar-refractivity contribution is 0.894. The van der Waals surface area contributed by atoms with E-state index in [2.05, 4.69) is 14.6 Å². The Balaban J connectivity index is 2.17. The monoisotopic (exact) mass is 242 g/mol. The van der Waals surface area contributed by atoms with Crippen LogP contribution >= 0.6 is 11.5 Å². The van der Waals surface area contributed by atoms with E-state index in [4.69, 9.17) is 5.73 Å². The molecule has 3 aromatic rings. The number of nitrogens with zero attached hydrogens (tertiary/aromatic N) is 3. The van der Waals surface area contributed by atoms with Gasteiger partial charge in [0.2, 0.25) is 0 Å². The molecular weight excluding hydrogens is 232 g/mol. The van der Waals surface area contributed by atoms with E-state index < -0.39 is 0 Å². The zero-order valence-corrected chi connectivity index (χ0v) is 9.76. The van der Waals surface area contributed by atoms with Gasteiger partial charge in [-0.15, -0.1) is 5.10 Å². The highest BCUT2D eigenvalue weighted by Gasteiger charge is 2.14. The van der Waals surface area contributed by atoms with Gasteiger partial charge in [0.05, 0.1) is 22.6 Å². The number of aromatic nitrogens is 3. The Morgan fingerprint density at radius 2 is 2.06 bits per heavy atom. The van der Waals surface area contributed by atoms with Crippen molar-refractivity contribution >= 4 is 22.4 Å². The lowest BCUT2D eigenvalue weighted by atomic mass is 10.0. The van der Waals surface area contributed by atoms with Crippen LogP contribution in [0.2, 0.25) is 0 Å². The normalized spacial score (nSPS) is 12.8. The summed E-state index contributed by atoms with van der Waals surface area (Å²) in [6.07, 6.45) is 3.49. The molecule has 0 spiro atoms. The topological polar surface area (TPSA) is 64.7 Å². The maximum atomic E-state index is 6.22. The van der Waals surface area contributed by atoms with Gasteiger partial charge in [0.15, 0.2) is 0 Å². The summed E-state index contributed by atoms with van der Waals surface area (Å²) in [5.41, 5.74) is 8.17. The van der Waals surface area contributed by atoms with Gasteiger partial charge >= 0.3 is 0 Å². The van der Waals surface area contributed by atoms with Gasteiger partial charge in [-0.3, -0.25) is 4.98 Å². The van der Waals surface area contributed by atoms with E-state index in [-0.39, 0.29) is 6.04 Å². The van der Waals surface area contributed by atoms with Crippen molar-refractivity contribution in [1.82, 2.24) is 14.6 Å². The summed E-state index contributed by atoms with van der Waals surface area (Å²) in [6.45, 7) is 0. The first kappa shape index (κ1) is 10.3. The standard InChI is InChI=1S/C12H10N4S/c13-11(10-7-15-16-17-10)9-5-1-3-8-4-2-6-14-12(8)9/h1-7,11H,13H2. The number of hydrogen-bond donors (Lipinski definition) is 1. The van der Waals surface area contributed by atoms with Crippen LogP contribution in [0.4, 0.5) is 0 Å². The Morgan fingerprint density at radius 1 is 1.18 bits per heavy atom. The molecule has 4 nitrogen and oxygen atoms in total. The van der Waals surface area contributed by atoms with Crippen LogP contribution in [0.3, 0.4) is 0 Å². The Kier molecular flexibility index (Phi) is 2.55. The molecule has 0 aliphatic heterocycles. The van der Waals surface area contributed by atoms with Crippen LogP contribution in [0, 0.1) is 0 Å². The van der Waals surface area contributed by atoms with Crippen LogP contribution in [-0.2, 0) is 0 Å². The Hall–Kier alpha value is -1.85. The summed E-state index contributed by atoms with van der Waals surface area (Å²) in [5, 5.41) is 4.91. The first-order valence-electron chi connectivity index (χ1n) is 5.23. The fraction of sp³-hybridized carbons (Fsp3) is 0.0833. The third kappa shape index (κ3) is 1.79. The van der Waals surface area contributed by atoms with Gasteiger partial charge in [0, 0.05) is 17.1 Å². The highest BCUT2D eigenvalue weighted by Crippen LogP contribution is 2.26. The van der Waals surface area contributed by atoms with E-state index in [1.54, 1.807) is 12.4 Å². The fourth-order valence-corrected chi connectivity index (χ4v) is 2.37. The molecule has 17 heavy (non-hydrogen) atoms. The lowest BCUT2D eigenvalue weighted by Crippen LogP contribution is -2.11. The first-order chi connectivity index (χ1) is 8.36. The third-order valence-electron chi connectivity index (χ3n) is 2.68. The molecular formula is C12H10N4S. The van der Waals surface area contributed by atoms with E-state index in [1.807, 2.05) is 30.3 Å². The molecule has 1 aromatic carbocycles. The summed E-state index contributed by atoms with van der Waals surface area (Å²) < 4.78 is 3.84. The predicted octanol–water partition coefficient (Wildman–Crippen LogP) is 2.13. The molecule has 0 bridgehead atoms. The summed E-state index contributed by atoms with van der Waals surface area (Å²) >= 11 is 1.32. The number of nitrogens with two attached hydrogens (primary N) is 1. The van der Waals surface area contributed by atoms with Gasteiger partial charge in [-0.1, -0.05) is 28.8 Å². The maximum absolute atomic E-state index is 6.22. The van der Waals surface area contributed by atoms with Gasteiger partial charge < -0.3 is 5.73 Å². The average Bonchev–Trinajstić information content (AvgIpc) is 2.91. The van der Waals surface area contributed by atoms with Gasteiger partial charge in [0.1, 0.15) is 0 Å². The summed E-state index contributed by atoms with van der Waals surface area (Å²) in [5.74, 6) is 0. The summed E-state index contributed by atoms with van der Waals surface area (Å²) in [6, 6.07) is 9.76. The maximum Gasteiger partial charge on any atom is 0.0753 e. The molecule has 0 aliphatic carbocycles. The number of benzene rings is 1. The highest BCUT2D eigenvalue weighted by atomic mass is 32.1. The van der Waals surface area contributed by atoms with E-state index in [0.717, 1.165) is 21.3 Å². The number of pyridine rings is 1. The third-order valence-corrected chi connectivity index (χ3v) is 3.43. The zero-order valence-electron chi connectivity index (χ0n) is 8.95. The summed E-state index contributed by atoms with van der Waals surface area (Å²) in [4.78, 5) is 5.34. The number of fused-ring (bicyclic) bond motifs is 1. The number of para-hydroxylation sites is 1. The predicted molar refractivity (Wildman–Crippen MR) is 67.7 cm³/mol. The van der Waals surface area contributed by atoms with Crippen LogP contribution in [0.25, 0.3) is 10.9 Å². The van der Waals surface area contributed by atoms with E-state index in [1.165, 1.54) is 11.5 Å². The molecule has 5 heteroatoms. The van der Waals surface area contributed by atoms with Gasteiger partial charge in [-0.05, 0) is 17.6 Å². The Bertz CT molecular complexity index is 631. The first-order valence-corrected chi connectivity index (χ1v) is 6.00.